The molecule has 0 radical (unpaired) electrons. The minimum atomic E-state index is -3.98. The summed E-state index contributed by atoms with van der Waals surface area (Å²) in [4.78, 5) is 12.1. The van der Waals surface area contributed by atoms with Gasteiger partial charge in [-0.3, -0.25) is 0 Å². The van der Waals surface area contributed by atoms with Crippen molar-refractivity contribution in [3.8, 4) is 0 Å². The molecule has 2 aromatic carbocycles. The van der Waals surface area contributed by atoms with Gasteiger partial charge in [0.1, 0.15) is 10.9 Å². The number of rotatable bonds is 8. The number of hydrogen-bond donors (Lipinski definition) is 0. The van der Waals surface area contributed by atoms with Crippen molar-refractivity contribution in [2.24, 2.45) is 0 Å². The molecule has 1 aliphatic rings. The minimum Gasteiger partial charge on any atom is -0.378 e. The van der Waals surface area contributed by atoms with Gasteiger partial charge in [-0.2, -0.15) is 3.71 Å². The predicted molar refractivity (Wildman–Crippen MR) is 137 cm³/mol. The molecule has 0 N–H and O–H groups in total. The molecular weight excluding hydrogens is 508 g/mol. The van der Waals surface area contributed by atoms with Crippen molar-refractivity contribution < 1.29 is 21.6 Å². The van der Waals surface area contributed by atoms with Gasteiger partial charge in [-0.05, 0) is 48.0 Å². The Labute approximate surface area is 210 Å². The van der Waals surface area contributed by atoms with E-state index in [-0.39, 0.29) is 5.69 Å². The van der Waals surface area contributed by atoms with Crippen LogP contribution in [0.4, 0.5) is 11.4 Å². The predicted octanol–water partition coefficient (Wildman–Crippen LogP) is 2.78. The molecule has 12 heteroatoms. The Hall–Kier alpha value is -2.67. The van der Waals surface area contributed by atoms with Gasteiger partial charge in [0.15, 0.2) is 0 Å². The maximum atomic E-state index is 12.0. The fourth-order valence-corrected chi connectivity index (χ4v) is 7.51. The average molecular weight is 535 g/mol. The van der Waals surface area contributed by atoms with Crippen LogP contribution in [0.1, 0.15) is 11.4 Å². The van der Waals surface area contributed by atoms with Crippen molar-refractivity contribution in [2.75, 3.05) is 47.4 Å². The fraction of sp³-hybridized carbons (Fsp3) is 0.304. The van der Waals surface area contributed by atoms with Crippen LogP contribution >= 0.6 is 11.8 Å². The van der Waals surface area contributed by atoms with E-state index in [0.29, 0.717) is 16.0 Å². The molecule has 0 saturated carbocycles. The van der Waals surface area contributed by atoms with E-state index < -0.39 is 20.0 Å². The molecule has 0 atom stereocenters. The van der Waals surface area contributed by atoms with E-state index in [1.165, 1.54) is 29.6 Å². The largest absolute Gasteiger partial charge is 0.378 e. The van der Waals surface area contributed by atoms with Crippen LogP contribution in [0.5, 0.6) is 0 Å². The number of aromatic nitrogens is 2. The van der Waals surface area contributed by atoms with Crippen LogP contribution in [0, 0.1) is 0 Å². The van der Waals surface area contributed by atoms with Gasteiger partial charge in [-0.25, -0.2) is 26.8 Å². The lowest BCUT2D eigenvalue weighted by Crippen LogP contribution is -2.36. The molecule has 0 amide bonds. The molecule has 1 saturated heterocycles. The average Bonchev–Trinajstić information content (AvgIpc) is 2.80. The van der Waals surface area contributed by atoms with Crippen molar-refractivity contribution >= 4 is 43.2 Å². The number of benzene rings is 2. The molecule has 1 aliphatic heterocycles. The van der Waals surface area contributed by atoms with Crippen LogP contribution in [-0.2, 0) is 31.2 Å². The molecule has 9 nitrogen and oxygen atoms in total. The van der Waals surface area contributed by atoms with Gasteiger partial charge >= 0.3 is 0 Å². The monoisotopic (exact) mass is 534 g/mol. The van der Waals surface area contributed by atoms with Crippen LogP contribution < -0.4 is 8.61 Å². The van der Waals surface area contributed by atoms with Crippen molar-refractivity contribution in [3.63, 3.8) is 0 Å². The highest BCUT2D eigenvalue weighted by Crippen LogP contribution is 2.29. The highest BCUT2D eigenvalue weighted by molar-refractivity contribution is 8.09. The van der Waals surface area contributed by atoms with Crippen molar-refractivity contribution in [1.82, 2.24) is 9.97 Å². The Morgan fingerprint density at radius 1 is 0.914 bits per heavy atom. The second kappa shape index (κ2) is 10.5. The van der Waals surface area contributed by atoms with Gasteiger partial charge < -0.3 is 9.64 Å². The molecule has 4 rings (SSSR count). The number of sulfonamides is 2. The van der Waals surface area contributed by atoms with Crippen molar-refractivity contribution in [2.45, 2.75) is 16.3 Å². The van der Waals surface area contributed by atoms with Gasteiger partial charge in [0.25, 0.3) is 0 Å². The van der Waals surface area contributed by atoms with E-state index in [2.05, 4.69) is 39.1 Å². The molecule has 186 valence electrons. The molecule has 0 aliphatic carbocycles. The first-order chi connectivity index (χ1) is 16.6. The van der Waals surface area contributed by atoms with E-state index in [1.807, 2.05) is 0 Å². The second-order valence-corrected chi connectivity index (χ2v) is 13.1. The van der Waals surface area contributed by atoms with Gasteiger partial charge in [0, 0.05) is 36.3 Å². The smallest absolute Gasteiger partial charge is 0.245 e. The Morgan fingerprint density at radius 2 is 1.54 bits per heavy atom. The summed E-state index contributed by atoms with van der Waals surface area (Å²) in [5, 5.41) is 0.732. The first kappa shape index (κ1) is 25.4. The van der Waals surface area contributed by atoms with Crippen LogP contribution in [-0.4, -0.2) is 65.6 Å². The third kappa shape index (κ3) is 6.72. The number of anilines is 2. The molecular formula is C23H26N4O5S3. The lowest BCUT2D eigenvalue weighted by molar-refractivity contribution is 0.122. The normalized spacial score (nSPS) is 14.6. The van der Waals surface area contributed by atoms with E-state index >= 15 is 0 Å². The summed E-state index contributed by atoms with van der Waals surface area (Å²) in [6.07, 6.45) is 4.01. The summed E-state index contributed by atoms with van der Waals surface area (Å²) in [6, 6.07) is 16.4. The van der Waals surface area contributed by atoms with Gasteiger partial charge in [-0.1, -0.05) is 23.9 Å². The number of morpholine rings is 1. The summed E-state index contributed by atoms with van der Waals surface area (Å²) >= 11 is 1.38. The molecule has 1 fully saturated rings. The van der Waals surface area contributed by atoms with Gasteiger partial charge in [0.2, 0.25) is 20.0 Å². The zero-order valence-corrected chi connectivity index (χ0v) is 21.8. The quantitative estimate of drug-likeness (QED) is 0.403. The van der Waals surface area contributed by atoms with Gasteiger partial charge in [-0.15, -0.1) is 0 Å². The third-order valence-electron chi connectivity index (χ3n) is 5.23. The maximum absolute atomic E-state index is 12.0. The standard InChI is InChI=1S/C23H26N4O5S3/c1-34(28,29)27(35(2,30)31)20-7-9-21(10-8-20)33-23-11-12-24-22(25-23)17-18-3-5-19(6-4-18)26-13-15-32-16-14-26/h3-12H,13-17H2,1-2H3. The zero-order valence-electron chi connectivity index (χ0n) is 19.4. The number of nitrogens with zero attached hydrogens (tertiary/aromatic N) is 4. The fourth-order valence-electron chi connectivity index (χ4n) is 3.74. The Bertz CT molecular complexity index is 1340. The Balaban J connectivity index is 1.44. The Kier molecular flexibility index (Phi) is 7.64. The van der Waals surface area contributed by atoms with Crippen LogP contribution in [0.3, 0.4) is 0 Å². The van der Waals surface area contributed by atoms with Crippen molar-refractivity contribution in [3.05, 3.63) is 72.2 Å². The topological polar surface area (TPSA) is 110 Å². The SMILES string of the molecule is CS(=O)(=O)N(c1ccc(Sc2ccnc(Cc3ccc(N4CCOCC4)cc3)n2)cc1)S(C)(=O)=O. The summed E-state index contributed by atoms with van der Waals surface area (Å²) in [5.41, 5.74) is 2.34. The maximum Gasteiger partial charge on any atom is 0.245 e. The van der Waals surface area contributed by atoms with E-state index in [4.69, 9.17) is 4.74 Å². The zero-order chi connectivity index (χ0) is 25.1. The lowest BCUT2D eigenvalue weighted by atomic mass is 10.1. The molecule has 35 heavy (non-hydrogen) atoms. The highest BCUT2D eigenvalue weighted by Gasteiger charge is 2.27. The molecule has 2 heterocycles. The summed E-state index contributed by atoms with van der Waals surface area (Å²) < 4.78 is 53.7. The Morgan fingerprint density at radius 3 is 2.14 bits per heavy atom. The summed E-state index contributed by atoms with van der Waals surface area (Å²) in [6.45, 7) is 3.28. The summed E-state index contributed by atoms with van der Waals surface area (Å²) in [7, 11) is -7.96. The minimum absolute atomic E-state index is 0.0586. The third-order valence-corrected chi connectivity index (χ3v) is 9.42. The molecule has 0 bridgehead atoms. The first-order valence-corrected chi connectivity index (χ1v) is 15.3. The van der Waals surface area contributed by atoms with Gasteiger partial charge in [0.05, 0.1) is 31.4 Å². The van der Waals surface area contributed by atoms with Crippen LogP contribution in [0.25, 0.3) is 0 Å². The van der Waals surface area contributed by atoms with E-state index in [1.54, 1.807) is 24.4 Å². The van der Waals surface area contributed by atoms with E-state index in [0.717, 1.165) is 54.3 Å². The molecule has 0 spiro atoms. The molecule has 0 unspecified atom stereocenters. The summed E-state index contributed by atoms with van der Waals surface area (Å²) in [5.74, 6) is 0.686. The number of ether oxygens (including phenoxy) is 1. The first-order valence-electron chi connectivity index (χ1n) is 10.8. The van der Waals surface area contributed by atoms with Crippen LogP contribution in [0.2, 0.25) is 0 Å². The molecule has 1 aromatic heterocycles. The van der Waals surface area contributed by atoms with Crippen molar-refractivity contribution in [1.29, 1.82) is 0 Å². The van der Waals surface area contributed by atoms with Crippen LogP contribution in [0.15, 0.2) is 70.7 Å². The second-order valence-electron chi connectivity index (χ2n) is 8.07. The number of hydrogen-bond acceptors (Lipinski definition) is 9. The molecule has 3 aromatic rings. The van der Waals surface area contributed by atoms with E-state index in [9.17, 15) is 16.8 Å². The lowest BCUT2D eigenvalue weighted by Gasteiger charge is -2.28. The highest BCUT2D eigenvalue weighted by atomic mass is 32.3.